The van der Waals surface area contributed by atoms with Gasteiger partial charge in [-0.15, -0.1) is 0 Å². The first kappa shape index (κ1) is 19.6. The van der Waals surface area contributed by atoms with Gasteiger partial charge in [-0.25, -0.2) is 9.78 Å². The molecule has 29 heavy (non-hydrogen) atoms. The molecule has 9 nitrogen and oxygen atoms in total. The van der Waals surface area contributed by atoms with E-state index in [1.54, 1.807) is 6.20 Å². The number of anilines is 4. The number of nitrogens with zero attached hydrogens (tertiary/aromatic N) is 3. The zero-order valence-corrected chi connectivity index (χ0v) is 17.4. The van der Waals surface area contributed by atoms with Crippen LogP contribution >= 0.6 is 15.9 Å². The van der Waals surface area contributed by atoms with Crippen LogP contribution in [0.3, 0.4) is 0 Å². The van der Waals surface area contributed by atoms with Crippen LogP contribution in [0.25, 0.3) is 0 Å². The summed E-state index contributed by atoms with van der Waals surface area (Å²) in [5, 5.41) is 15.4. The van der Waals surface area contributed by atoms with Crippen molar-refractivity contribution in [3.63, 3.8) is 0 Å². The average molecular weight is 459 g/mol. The number of hydrogen-bond acceptors (Lipinski definition) is 7. The van der Waals surface area contributed by atoms with E-state index in [-0.39, 0.29) is 6.03 Å². The van der Waals surface area contributed by atoms with Crippen LogP contribution in [-0.2, 0) is 0 Å². The Kier molecular flexibility index (Phi) is 6.20. The van der Waals surface area contributed by atoms with Crippen LogP contribution < -0.4 is 26.6 Å². The van der Waals surface area contributed by atoms with Crippen LogP contribution in [0, 0.1) is 0 Å². The van der Waals surface area contributed by atoms with Gasteiger partial charge in [0.15, 0.2) is 0 Å². The third-order valence-corrected chi connectivity index (χ3v) is 5.09. The lowest BCUT2D eigenvalue weighted by molar-refractivity contribution is 0.251. The maximum atomic E-state index is 11.8. The van der Waals surface area contributed by atoms with Gasteiger partial charge in [-0.3, -0.25) is 10.3 Å². The summed E-state index contributed by atoms with van der Waals surface area (Å²) >= 11 is 3.48. The van der Waals surface area contributed by atoms with Crippen molar-refractivity contribution >= 4 is 50.8 Å². The fourth-order valence-corrected chi connectivity index (χ4v) is 3.15. The van der Waals surface area contributed by atoms with Crippen molar-refractivity contribution in [2.45, 2.75) is 25.3 Å². The fraction of sp³-hybridized carbons (Fsp3) is 0.368. The highest BCUT2D eigenvalue weighted by Crippen LogP contribution is 2.23. The first-order valence-corrected chi connectivity index (χ1v) is 10.4. The third kappa shape index (κ3) is 5.88. The molecule has 0 saturated heterocycles. The van der Waals surface area contributed by atoms with Crippen molar-refractivity contribution in [2.24, 2.45) is 4.99 Å². The zero-order valence-electron chi connectivity index (χ0n) is 15.8. The molecule has 5 N–H and O–H groups in total. The Morgan fingerprint density at radius 2 is 2.00 bits per heavy atom. The molecule has 0 bridgehead atoms. The summed E-state index contributed by atoms with van der Waals surface area (Å²) in [6, 6.07) is 7.58. The summed E-state index contributed by atoms with van der Waals surface area (Å²) < 4.78 is 0.802. The van der Waals surface area contributed by atoms with Gasteiger partial charge in [-0.05, 0) is 53.0 Å². The number of halogens is 1. The van der Waals surface area contributed by atoms with Gasteiger partial charge in [0, 0.05) is 48.8 Å². The molecule has 2 amide bonds. The van der Waals surface area contributed by atoms with E-state index in [0.717, 1.165) is 54.0 Å². The maximum Gasteiger partial charge on any atom is 0.319 e. The second kappa shape index (κ2) is 9.19. The Bertz CT molecular complexity index is 898. The highest BCUT2D eigenvalue weighted by molar-refractivity contribution is 9.10. The number of carbonyl (C=O) groups is 1. The van der Waals surface area contributed by atoms with Crippen LogP contribution in [0.4, 0.5) is 27.9 Å². The van der Waals surface area contributed by atoms with E-state index in [2.05, 4.69) is 57.5 Å². The molecule has 1 aromatic carbocycles. The largest absolute Gasteiger partial charge is 0.369 e. The Hall–Kier alpha value is -2.72. The van der Waals surface area contributed by atoms with Crippen LogP contribution in [0.2, 0.25) is 0 Å². The van der Waals surface area contributed by atoms with Gasteiger partial charge < -0.3 is 21.3 Å². The van der Waals surface area contributed by atoms with Gasteiger partial charge in [0.2, 0.25) is 5.95 Å². The van der Waals surface area contributed by atoms with Gasteiger partial charge in [0.05, 0.1) is 11.1 Å². The van der Waals surface area contributed by atoms with Gasteiger partial charge in [0.1, 0.15) is 5.82 Å². The Morgan fingerprint density at radius 3 is 2.72 bits per heavy atom. The van der Waals surface area contributed by atoms with Crippen LogP contribution in [0.1, 0.15) is 19.3 Å². The molecule has 152 valence electrons. The topological polar surface area (TPSA) is 115 Å². The Morgan fingerprint density at radius 1 is 1.21 bits per heavy atom. The highest BCUT2D eigenvalue weighted by atomic mass is 79.9. The van der Waals surface area contributed by atoms with E-state index in [1.165, 1.54) is 5.71 Å². The molecule has 0 radical (unpaired) electrons. The molecule has 4 rings (SSSR count). The molecule has 2 aliphatic rings. The SMILES string of the molecule is O=C(Nc1ccc(Nc2ncc(Br)c(NCCC3=NCNC3)n2)cc1)NC1CC1. The molecular weight excluding hydrogens is 436 g/mol. The van der Waals surface area contributed by atoms with Crippen molar-refractivity contribution in [1.29, 1.82) is 0 Å². The van der Waals surface area contributed by atoms with E-state index >= 15 is 0 Å². The Labute approximate surface area is 177 Å². The summed E-state index contributed by atoms with van der Waals surface area (Å²) in [6.45, 7) is 2.31. The van der Waals surface area contributed by atoms with Gasteiger partial charge in [0.25, 0.3) is 0 Å². The number of benzene rings is 1. The van der Waals surface area contributed by atoms with Crippen molar-refractivity contribution in [3.05, 3.63) is 34.9 Å². The lowest BCUT2D eigenvalue weighted by atomic mass is 10.3. The van der Waals surface area contributed by atoms with Crippen LogP contribution in [0.5, 0.6) is 0 Å². The second-order valence-electron chi connectivity index (χ2n) is 6.95. The summed E-state index contributed by atoms with van der Waals surface area (Å²) in [7, 11) is 0. The monoisotopic (exact) mass is 458 g/mol. The molecule has 1 aromatic heterocycles. The molecule has 2 aromatic rings. The number of carbonyl (C=O) groups excluding carboxylic acids is 1. The third-order valence-electron chi connectivity index (χ3n) is 4.51. The minimum Gasteiger partial charge on any atom is -0.369 e. The lowest BCUT2D eigenvalue weighted by Crippen LogP contribution is -2.30. The second-order valence-corrected chi connectivity index (χ2v) is 7.81. The summed E-state index contributed by atoms with van der Waals surface area (Å²) in [6.07, 6.45) is 4.71. The van der Waals surface area contributed by atoms with Crippen LogP contribution in [0.15, 0.2) is 39.9 Å². The van der Waals surface area contributed by atoms with Crippen molar-refractivity contribution in [1.82, 2.24) is 20.6 Å². The molecule has 0 spiro atoms. The lowest BCUT2D eigenvalue weighted by Gasteiger charge is -2.11. The molecule has 10 heteroatoms. The molecule has 1 fully saturated rings. The van der Waals surface area contributed by atoms with Crippen molar-refractivity contribution in [2.75, 3.05) is 35.7 Å². The molecule has 2 heterocycles. The summed E-state index contributed by atoms with van der Waals surface area (Å²) in [4.78, 5) is 25.0. The van der Waals surface area contributed by atoms with Gasteiger partial charge in [-0.2, -0.15) is 4.98 Å². The van der Waals surface area contributed by atoms with Crippen LogP contribution in [-0.4, -0.2) is 47.5 Å². The number of hydrogen-bond donors (Lipinski definition) is 5. The molecule has 0 atom stereocenters. The maximum absolute atomic E-state index is 11.8. The molecule has 0 unspecified atom stereocenters. The number of aromatic nitrogens is 2. The van der Waals surface area contributed by atoms with E-state index in [4.69, 9.17) is 0 Å². The molecule has 1 aliphatic heterocycles. The van der Waals surface area contributed by atoms with Gasteiger partial charge in [-0.1, -0.05) is 0 Å². The minimum absolute atomic E-state index is 0.167. The van der Waals surface area contributed by atoms with E-state index < -0.39 is 0 Å². The average Bonchev–Trinajstić information content (AvgIpc) is 3.36. The molecule has 1 aliphatic carbocycles. The van der Waals surface area contributed by atoms with Crippen molar-refractivity contribution < 1.29 is 4.79 Å². The Balaban J connectivity index is 1.31. The molecule has 1 saturated carbocycles. The van der Waals surface area contributed by atoms with E-state index in [9.17, 15) is 4.79 Å². The molecular formula is C19H23BrN8O. The summed E-state index contributed by atoms with van der Waals surface area (Å²) in [5.74, 6) is 1.21. The minimum atomic E-state index is -0.167. The zero-order chi connectivity index (χ0) is 20.1. The number of urea groups is 1. The summed E-state index contributed by atoms with van der Waals surface area (Å²) in [5.41, 5.74) is 2.73. The van der Waals surface area contributed by atoms with E-state index in [1.807, 2.05) is 24.3 Å². The number of nitrogens with one attached hydrogen (secondary N) is 5. The number of amides is 2. The highest BCUT2D eigenvalue weighted by Gasteiger charge is 2.23. The first-order chi connectivity index (χ1) is 14.2. The quantitative estimate of drug-likeness (QED) is 0.415. The predicted octanol–water partition coefficient (Wildman–Crippen LogP) is 3.07. The number of rotatable bonds is 8. The van der Waals surface area contributed by atoms with Crippen molar-refractivity contribution in [3.8, 4) is 0 Å². The predicted molar refractivity (Wildman–Crippen MR) is 118 cm³/mol. The first-order valence-electron chi connectivity index (χ1n) is 9.59. The fourth-order valence-electron chi connectivity index (χ4n) is 2.81. The normalized spacial score (nSPS) is 15.6. The standard InChI is InChI=1S/C19H23BrN8O/c20-16-10-23-18(28-17(16)22-8-7-15-9-21-11-24-15)25-12-1-3-13(4-2-12)26-19(29)27-14-5-6-14/h1-4,10,14,21H,5-9,11H2,(H2,26,27,29)(H2,22,23,25,28). The number of aliphatic imine (C=N–C) groups is 1. The smallest absolute Gasteiger partial charge is 0.319 e. The van der Waals surface area contributed by atoms with E-state index in [0.29, 0.717) is 18.7 Å². The van der Waals surface area contributed by atoms with Gasteiger partial charge >= 0.3 is 6.03 Å².